The van der Waals surface area contributed by atoms with Gasteiger partial charge in [-0.1, -0.05) is 43.2 Å². The van der Waals surface area contributed by atoms with E-state index in [1.807, 2.05) is 50.3 Å². The minimum absolute atomic E-state index is 0.0472. The molecule has 0 unspecified atom stereocenters. The fourth-order valence-electron chi connectivity index (χ4n) is 8.89. The van der Waals surface area contributed by atoms with Crippen molar-refractivity contribution in [2.24, 2.45) is 5.92 Å². The standard InChI is InChI=1S/C39H49N5O8S/c1-24-31-27(26-12-9-10-13-28(26)40-24)15-16-38(52-31)22-30-32(45)41-39(34(47)42-53(50,51)37(3)19-20-37)21-25(39)11-7-5-4-6-8-14-29(33(46)43(30)23-38)44(35(48)49)36(2)17-18-36/h7,9-13,25,29-30H,4-6,8,14-23H2,1-3H3,(H,41,45)(H,42,47)(H,48,49)/b11-7-/t25-,29+,30+,38-,39-/m1/s1. The molecule has 5 atom stereocenters. The van der Waals surface area contributed by atoms with Gasteiger partial charge in [0.25, 0.3) is 5.91 Å². The van der Waals surface area contributed by atoms with Crippen molar-refractivity contribution in [3.63, 3.8) is 0 Å². The molecule has 284 valence electrons. The minimum Gasteiger partial charge on any atom is -0.483 e. The van der Waals surface area contributed by atoms with Crippen LogP contribution in [0, 0.1) is 12.8 Å². The molecule has 3 aliphatic heterocycles. The number of sulfonamides is 1. The van der Waals surface area contributed by atoms with Crippen molar-refractivity contribution in [3.05, 3.63) is 47.7 Å². The second-order valence-corrected chi connectivity index (χ2v) is 19.1. The van der Waals surface area contributed by atoms with E-state index < -0.39 is 73.3 Å². The van der Waals surface area contributed by atoms with E-state index in [0.29, 0.717) is 69.2 Å². The maximum Gasteiger partial charge on any atom is 0.408 e. The van der Waals surface area contributed by atoms with Crippen molar-refractivity contribution in [3.8, 4) is 5.75 Å². The van der Waals surface area contributed by atoms with Crippen LogP contribution in [0.1, 0.15) is 102 Å². The third-order valence-electron chi connectivity index (χ3n) is 12.9. The number of nitrogens with zero attached hydrogens (tertiary/aromatic N) is 3. The van der Waals surface area contributed by atoms with Crippen LogP contribution in [0.4, 0.5) is 4.79 Å². The summed E-state index contributed by atoms with van der Waals surface area (Å²) in [5, 5.41) is 14.5. The molecule has 6 aliphatic rings. The molecule has 53 heavy (non-hydrogen) atoms. The first-order chi connectivity index (χ1) is 25.1. The summed E-state index contributed by atoms with van der Waals surface area (Å²) >= 11 is 0. The molecule has 0 radical (unpaired) electrons. The number of para-hydroxylation sites is 1. The van der Waals surface area contributed by atoms with Gasteiger partial charge in [-0.3, -0.25) is 24.0 Å². The normalized spacial score (nSPS) is 32.1. The number of benzene rings is 1. The summed E-state index contributed by atoms with van der Waals surface area (Å²) in [6.45, 7) is 5.39. The van der Waals surface area contributed by atoms with Crippen LogP contribution in [0.15, 0.2) is 36.4 Å². The molecule has 8 rings (SSSR count). The average molecular weight is 748 g/mol. The summed E-state index contributed by atoms with van der Waals surface area (Å²) in [6, 6.07) is 5.75. The van der Waals surface area contributed by atoms with Gasteiger partial charge in [-0.15, -0.1) is 0 Å². The Hall–Kier alpha value is -4.20. The van der Waals surface area contributed by atoms with Gasteiger partial charge in [0.2, 0.25) is 21.8 Å². The van der Waals surface area contributed by atoms with Gasteiger partial charge in [0.1, 0.15) is 29.0 Å². The van der Waals surface area contributed by atoms with Gasteiger partial charge in [0.05, 0.1) is 22.5 Å². The molecule has 13 nitrogen and oxygen atoms in total. The number of aromatic nitrogens is 1. The molecule has 3 N–H and O–H groups in total. The van der Waals surface area contributed by atoms with Gasteiger partial charge < -0.3 is 20.1 Å². The highest BCUT2D eigenvalue weighted by Crippen LogP contribution is 2.50. The molecule has 0 bridgehead atoms. The molecule has 2 aromatic rings. The highest BCUT2D eigenvalue weighted by atomic mass is 32.2. The second-order valence-electron chi connectivity index (χ2n) is 16.9. The summed E-state index contributed by atoms with van der Waals surface area (Å²) in [7, 11) is -3.99. The van der Waals surface area contributed by atoms with Crippen LogP contribution in [-0.2, 0) is 30.8 Å². The molecule has 3 aliphatic carbocycles. The number of pyridine rings is 1. The van der Waals surface area contributed by atoms with Gasteiger partial charge in [-0.2, -0.15) is 0 Å². The van der Waals surface area contributed by atoms with E-state index in [1.165, 1.54) is 9.80 Å². The topological polar surface area (TPSA) is 175 Å². The third kappa shape index (κ3) is 6.14. The Morgan fingerprint density at radius 1 is 1.06 bits per heavy atom. The number of hydrogen-bond acceptors (Lipinski definition) is 8. The number of amides is 4. The van der Waals surface area contributed by atoms with Gasteiger partial charge in [-0.25, -0.2) is 18.2 Å². The summed E-state index contributed by atoms with van der Waals surface area (Å²) < 4.78 is 34.5. The lowest BCUT2D eigenvalue weighted by Gasteiger charge is -2.38. The van der Waals surface area contributed by atoms with Crippen LogP contribution < -0.4 is 14.8 Å². The third-order valence-corrected chi connectivity index (χ3v) is 15.1. The highest BCUT2D eigenvalue weighted by molar-refractivity contribution is 7.91. The number of nitrogens with one attached hydrogen (secondary N) is 2. The zero-order chi connectivity index (χ0) is 37.6. The van der Waals surface area contributed by atoms with Crippen molar-refractivity contribution in [2.75, 3.05) is 6.54 Å². The summed E-state index contributed by atoms with van der Waals surface area (Å²) in [5.41, 5.74) is -0.590. The molecule has 4 amide bonds. The Labute approximate surface area is 309 Å². The summed E-state index contributed by atoms with van der Waals surface area (Å²) in [6.07, 6.45) is 9.47. The summed E-state index contributed by atoms with van der Waals surface area (Å²) in [4.78, 5) is 64.0. The molecule has 1 saturated heterocycles. The molecule has 1 spiro atoms. The Kier molecular flexibility index (Phi) is 8.39. The predicted molar refractivity (Wildman–Crippen MR) is 195 cm³/mol. The molecular weight excluding hydrogens is 699 g/mol. The number of carbonyl (C=O) groups excluding carboxylic acids is 3. The van der Waals surface area contributed by atoms with Crippen LogP contribution in [0.25, 0.3) is 10.9 Å². The van der Waals surface area contributed by atoms with Crippen LogP contribution >= 0.6 is 0 Å². The Morgan fingerprint density at radius 2 is 1.81 bits per heavy atom. The monoisotopic (exact) mass is 747 g/mol. The fourth-order valence-corrected chi connectivity index (χ4v) is 10.2. The predicted octanol–water partition coefficient (Wildman–Crippen LogP) is 4.50. The van der Waals surface area contributed by atoms with E-state index in [9.17, 15) is 32.7 Å². The fraction of sp³-hybridized carbons (Fsp3) is 0.615. The van der Waals surface area contributed by atoms with Gasteiger partial charge in [0.15, 0.2) is 0 Å². The lowest BCUT2D eigenvalue weighted by Crippen LogP contribution is -2.60. The largest absolute Gasteiger partial charge is 0.483 e. The molecule has 1 aromatic carbocycles. The van der Waals surface area contributed by atoms with Crippen molar-refractivity contribution < 1.29 is 37.4 Å². The zero-order valence-corrected chi connectivity index (χ0v) is 31.5. The Morgan fingerprint density at radius 3 is 2.53 bits per heavy atom. The molecule has 3 saturated carbocycles. The molecule has 14 heteroatoms. The van der Waals surface area contributed by atoms with Crippen molar-refractivity contribution in [1.29, 1.82) is 0 Å². The number of hydrogen-bond donors (Lipinski definition) is 3. The molecular formula is C39H49N5O8S. The van der Waals surface area contributed by atoms with Crippen LogP contribution in [0.5, 0.6) is 5.75 Å². The number of carboxylic acid groups (broad SMARTS) is 1. The highest BCUT2D eigenvalue weighted by Gasteiger charge is 2.64. The maximum atomic E-state index is 15.0. The first kappa shape index (κ1) is 35.8. The first-order valence-corrected chi connectivity index (χ1v) is 20.5. The number of rotatable bonds is 5. The molecule has 1 aromatic heterocycles. The van der Waals surface area contributed by atoms with Crippen molar-refractivity contribution >= 4 is 44.7 Å². The smallest absolute Gasteiger partial charge is 0.408 e. The van der Waals surface area contributed by atoms with Gasteiger partial charge in [-0.05, 0) is 91.0 Å². The number of aryl methyl sites for hydroxylation is 2. The number of ether oxygens (including phenoxy) is 1. The van der Waals surface area contributed by atoms with E-state index >= 15 is 0 Å². The van der Waals surface area contributed by atoms with E-state index in [-0.39, 0.29) is 19.4 Å². The van der Waals surface area contributed by atoms with E-state index in [0.717, 1.165) is 29.3 Å². The zero-order valence-electron chi connectivity index (χ0n) is 30.7. The molecule has 4 heterocycles. The molecule has 4 fully saturated rings. The summed E-state index contributed by atoms with van der Waals surface area (Å²) in [5.74, 6) is -1.63. The average Bonchev–Trinajstić information content (AvgIpc) is 4.07. The van der Waals surface area contributed by atoms with Gasteiger partial charge >= 0.3 is 6.09 Å². The second kappa shape index (κ2) is 12.4. The van der Waals surface area contributed by atoms with E-state index in [2.05, 4.69) is 10.0 Å². The van der Waals surface area contributed by atoms with Crippen LogP contribution in [0.3, 0.4) is 0 Å². The quantitative estimate of drug-likeness (QED) is 0.372. The Bertz CT molecular complexity index is 2040. The first-order valence-electron chi connectivity index (χ1n) is 19.1. The maximum absolute atomic E-state index is 15.0. The number of carbonyl (C=O) groups is 4. The minimum atomic E-state index is -3.99. The lowest BCUT2D eigenvalue weighted by molar-refractivity contribution is -0.144. The van der Waals surface area contributed by atoms with Crippen LogP contribution in [-0.4, -0.2) is 92.2 Å². The van der Waals surface area contributed by atoms with Gasteiger partial charge in [0, 0.05) is 28.8 Å². The number of allylic oxidation sites excluding steroid dienone is 1. The lowest BCUT2D eigenvalue weighted by atomic mass is 9.87. The Balaban J connectivity index is 1.17. The number of fused-ring (bicyclic) bond motifs is 5. The van der Waals surface area contributed by atoms with E-state index in [1.54, 1.807) is 6.92 Å². The van der Waals surface area contributed by atoms with Crippen molar-refractivity contribution in [1.82, 2.24) is 24.8 Å². The van der Waals surface area contributed by atoms with Crippen LogP contribution in [0.2, 0.25) is 0 Å². The SMILES string of the molecule is Cc1nc2ccccc2c2c1O[C@]1(CC2)C[C@H]2C(=O)N[C@]3(C(=O)NS(=O)(=O)C4(C)CC4)C[C@H]3/C=C\CCCCC[C@H](N(C(=O)O)C3(C)CC3)C(=O)N2C1. The van der Waals surface area contributed by atoms with Crippen molar-refractivity contribution in [2.45, 2.75) is 138 Å². The van der Waals surface area contributed by atoms with E-state index in [4.69, 9.17) is 9.72 Å².